The lowest BCUT2D eigenvalue weighted by molar-refractivity contribution is 0.101. The Morgan fingerprint density at radius 2 is 2.17 bits per heavy atom. The highest BCUT2D eigenvalue weighted by Gasteiger charge is 2.35. The van der Waals surface area contributed by atoms with Crippen LogP contribution in [0.4, 0.5) is 0 Å². The average molecular weight is 169 g/mol. The van der Waals surface area contributed by atoms with Crippen molar-refractivity contribution in [2.45, 2.75) is 46.5 Å². The molecule has 0 amide bonds. The molecule has 2 atom stereocenters. The van der Waals surface area contributed by atoms with Gasteiger partial charge in [-0.3, -0.25) is 0 Å². The van der Waals surface area contributed by atoms with E-state index >= 15 is 0 Å². The van der Waals surface area contributed by atoms with E-state index in [1.165, 1.54) is 38.8 Å². The van der Waals surface area contributed by atoms with Gasteiger partial charge in [0.25, 0.3) is 0 Å². The number of nitrogens with one attached hydrogen (secondary N) is 1. The Morgan fingerprint density at radius 3 is 2.67 bits per heavy atom. The zero-order valence-corrected chi connectivity index (χ0v) is 8.82. The molecule has 0 aromatic heterocycles. The molecule has 72 valence electrons. The highest BCUT2D eigenvalue weighted by molar-refractivity contribution is 4.88. The second-order valence-electron chi connectivity index (χ2n) is 4.32. The summed E-state index contributed by atoms with van der Waals surface area (Å²) >= 11 is 0. The molecule has 1 saturated heterocycles. The third-order valence-electron chi connectivity index (χ3n) is 3.75. The van der Waals surface area contributed by atoms with Crippen molar-refractivity contribution in [3.05, 3.63) is 0 Å². The van der Waals surface area contributed by atoms with Crippen LogP contribution in [0.1, 0.15) is 46.5 Å². The van der Waals surface area contributed by atoms with E-state index in [1.54, 1.807) is 0 Å². The summed E-state index contributed by atoms with van der Waals surface area (Å²) in [5, 5.41) is 3.48. The van der Waals surface area contributed by atoms with Crippen LogP contribution in [-0.4, -0.2) is 13.1 Å². The van der Waals surface area contributed by atoms with Crippen molar-refractivity contribution < 1.29 is 0 Å². The molecule has 1 aliphatic rings. The first-order valence-corrected chi connectivity index (χ1v) is 5.46. The van der Waals surface area contributed by atoms with Gasteiger partial charge in [-0.05, 0) is 37.3 Å². The third kappa shape index (κ3) is 1.82. The summed E-state index contributed by atoms with van der Waals surface area (Å²) in [7, 11) is 0. The second kappa shape index (κ2) is 4.27. The standard InChI is InChI=1S/C11H23N/c1-4-6-11(5-2)7-8-12-9-10(11)3/h10,12H,4-9H2,1-3H3. The van der Waals surface area contributed by atoms with Crippen LogP contribution in [0.2, 0.25) is 0 Å². The molecular formula is C11H23N. The van der Waals surface area contributed by atoms with E-state index < -0.39 is 0 Å². The highest BCUT2D eigenvalue weighted by atomic mass is 14.9. The fraction of sp³-hybridized carbons (Fsp3) is 1.00. The van der Waals surface area contributed by atoms with Crippen molar-refractivity contribution >= 4 is 0 Å². The number of hydrogen-bond acceptors (Lipinski definition) is 1. The summed E-state index contributed by atoms with van der Waals surface area (Å²) in [5.74, 6) is 0.871. The van der Waals surface area contributed by atoms with Gasteiger partial charge in [-0.1, -0.05) is 33.6 Å². The van der Waals surface area contributed by atoms with Crippen molar-refractivity contribution in [3.63, 3.8) is 0 Å². The minimum atomic E-state index is 0.667. The fourth-order valence-corrected chi connectivity index (χ4v) is 2.69. The van der Waals surface area contributed by atoms with Crippen molar-refractivity contribution in [2.75, 3.05) is 13.1 Å². The number of hydrogen-bond donors (Lipinski definition) is 1. The Labute approximate surface area is 76.9 Å². The Morgan fingerprint density at radius 1 is 1.42 bits per heavy atom. The van der Waals surface area contributed by atoms with Crippen molar-refractivity contribution in [2.24, 2.45) is 11.3 Å². The van der Waals surface area contributed by atoms with Crippen molar-refractivity contribution in [1.82, 2.24) is 5.32 Å². The maximum Gasteiger partial charge on any atom is -0.00178 e. The quantitative estimate of drug-likeness (QED) is 0.685. The van der Waals surface area contributed by atoms with Crippen LogP contribution >= 0.6 is 0 Å². The van der Waals surface area contributed by atoms with Gasteiger partial charge in [0.2, 0.25) is 0 Å². The first-order chi connectivity index (χ1) is 5.75. The van der Waals surface area contributed by atoms with E-state index in [-0.39, 0.29) is 0 Å². The molecule has 1 heterocycles. The Hall–Kier alpha value is -0.0400. The summed E-state index contributed by atoms with van der Waals surface area (Å²) in [6.45, 7) is 9.54. The molecule has 1 fully saturated rings. The van der Waals surface area contributed by atoms with E-state index in [0.29, 0.717) is 5.41 Å². The summed E-state index contributed by atoms with van der Waals surface area (Å²) in [6, 6.07) is 0. The van der Waals surface area contributed by atoms with E-state index in [0.717, 1.165) is 5.92 Å². The Balaban J connectivity index is 2.60. The summed E-state index contributed by atoms with van der Waals surface area (Å²) in [5.41, 5.74) is 0.667. The van der Waals surface area contributed by atoms with Crippen LogP contribution in [0.25, 0.3) is 0 Å². The van der Waals surface area contributed by atoms with Gasteiger partial charge in [0.1, 0.15) is 0 Å². The van der Waals surface area contributed by atoms with Crippen LogP contribution in [0.5, 0.6) is 0 Å². The van der Waals surface area contributed by atoms with E-state index in [2.05, 4.69) is 26.1 Å². The van der Waals surface area contributed by atoms with E-state index in [4.69, 9.17) is 0 Å². The summed E-state index contributed by atoms with van der Waals surface area (Å²) in [4.78, 5) is 0. The SMILES string of the molecule is CCCC1(CC)CCNCC1C. The van der Waals surface area contributed by atoms with Gasteiger partial charge >= 0.3 is 0 Å². The summed E-state index contributed by atoms with van der Waals surface area (Å²) in [6.07, 6.45) is 5.52. The van der Waals surface area contributed by atoms with Crippen LogP contribution in [-0.2, 0) is 0 Å². The molecule has 1 N–H and O–H groups in total. The molecule has 1 rings (SSSR count). The lowest BCUT2D eigenvalue weighted by Crippen LogP contribution is -2.43. The Kier molecular flexibility index (Phi) is 3.57. The van der Waals surface area contributed by atoms with Gasteiger partial charge in [-0.25, -0.2) is 0 Å². The molecular weight excluding hydrogens is 146 g/mol. The van der Waals surface area contributed by atoms with E-state index in [9.17, 15) is 0 Å². The van der Waals surface area contributed by atoms with Gasteiger partial charge in [-0.15, -0.1) is 0 Å². The van der Waals surface area contributed by atoms with Gasteiger partial charge < -0.3 is 5.32 Å². The lowest BCUT2D eigenvalue weighted by atomic mass is 9.67. The largest absolute Gasteiger partial charge is 0.316 e. The molecule has 0 aliphatic carbocycles. The number of rotatable bonds is 3. The number of piperidine rings is 1. The normalized spacial score (nSPS) is 36.8. The molecule has 1 aliphatic heterocycles. The second-order valence-corrected chi connectivity index (χ2v) is 4.32. The molecule has 12 heavy (non-hydrogen) atoms. The predicted molar refractivity (Wildman–Crippen MR) is 54.3 cm³/mol. The van der Waals surface area contributed by atoms with Gasteiger partial charge in [0.05, 0.1) is 0 Å². The van der Waals surface area contributed by atoms with Gasteiger partial charge in [-0.2, -0.15) is 0 Å². The summed E-state index contributed by atoms with van der Waals surface area (Å²) < 4.78 is 0. The molecule has 0 aromatic rings. The highest BCUT2D eigenvalue weighted by Crippen LogP contribution is 2.41. The first-order valence-electron chi connectivity index (χ1n) is 5.46. The smallest absolute Gasteiger partial charge is 0.00178 e. The molecule has 0 radical (unpaired) electrons. The van der Waals surface area contributed by atoms with Crippen LogP contribution in [0.15, 0.2) is 0 Å². The molecule has 0 saturated carbocycles. The van der Waals surface area contributed by atoms with E-state index in [1.807, 2.05) is 0 Å². The molecule has 2 unspecified atom stereocenters. The Bertz CT molecular complexity index is 129. The monoisotopic (exact) mass is 169 g/mol. The third-order valence-corrected chi connectivity index (χ3v) is 3.75. The lowest BCUT2D eigenvalue weighted by Gasteiger charge is -2.42. The average Bonchev–Trinajstić information content (AvgIpc) is 2.10. The van der Waals surface area contributed by atoms with Crippen molar-refractivity contribution in [1.29, 1.82) is 0 Å². The van der Waals surface area contributed by atoms with Crippen LogP contribution < -0.4 is 5.32 Å². The molecule has 1 nitrogen and oxygen atoms in total. The maximum absolute atomic E-state index is 3.48. The zero-order chi connectivity index (χ0) is 9.03. The molecule has 0 bridgehead atoms. The van der Waals surface area contributed by atoms with Crippen molar-refractivity contribution in [3.8, 4) is 0 Å². The topological polar surface area (TPSA) is 12.0 Å². The van der Waals surface area contributed by atoms with Crippen LogP contribution in [0, 0.1) is 11.3 Å². The minimum Gasteiger partial charge on any atom is -0.316 e. The van der Waals surface area contributed by atoms with Gasteiger partial charge in [0.15, 0.2) is 0 Å². The molecule has 0 spiro atoms. The zero-order valence-electron chi connectivity index (χ0n) is 8.82. The fourth-order valence-electron chi connectivity index (χ4n) is 2.69. The molecule has 0 aromatic carbocycles. The first kappa shape index (κ1) is 10.0. The van der Waals surface area contributed by atoms with Gasteiger partial charge in [0, 0.05) is 0 Å². The minimum absolute atomic E-state index is 0.667. The molecule has 1 heteroatoms. The maximum atomic E-state index is 3.48. The van der Waals surface area contributed by atoms with Crippen LogP contribution in [0.3, 0.4) is 0 Å². The predicted octanol–water partition coefficient (Wildman–Crippen LogP) is 2.81.